The maximum atomic E-state index is 13.1. The number of benzene rings is 3. The Labute approximate surface area is 185 Å². The number of methoxy groups -OCH3 is 1. The number of nitrogens with two attached hydrogens (primary N) is 1. The molecule has 0 radical (unpaired) electrons. The molecule has 7 nitrogen and oxygen atoms in total. The van der Waals surface area contributed by atoms with Gasteiger partial charge in [-0.2, -0.15) is 0 Å². The molecule has 0 unspecified atom stereocenters. The second-order valence-electron chi connectivity index (χ2n) is 7.65. The van der Waals surface area contributed by atoms with E-state index in [1.807, 2.05) is 60.7 Å². The van der Waals surface area contributed by atoms with Crippen LogP contribution in [0.15, 0.2) is 71.5 Å². The molecule has 0 aliphatic heterocycles. The topological polar surface area (TPSA) is 103 Å². The Morgan fingerprint density at radius 1 is 0.969 bits per heavy atom. The number of carbonyl (C=O) groups is 1. The van der Waals surface area contributed by atoms with E-state index in [9.17, 15) is 9.59 Å². The van der Waals surface area contributed by atoms with Gasteiger partial charge in [0.15, 0.2) is 0 Å². The average molecular weight is 428 g/mol. The Morgan fingerprint density at radius 3 is 2.41 bits per heavy atom. The van der Waals surface area contributed by atoms with Gasteiger partial charge in [0, 0.05) is 12.6 Å². The molecule has 0 aliphatic rings. The zero-order valence-corrected chi connectivity index (χ0v) is 18.0. The van der Waals surface area contributed by atoms with Gasteiger partial charge in [-0.05, 0) is 40.5 Å². The van der Waals surface area contributed by atoms with Crippen molar-refractivity contribution in [1.82, 2.24) is 9.13 Å². The fourth-order valence-corrected chi connectivity index (χ4v) is 3.89. The maximum Gasteiger partial charge on any atom is 0.329 e. The van der Waals surface area contributed by atoms with E-state index in [4.69, 9.17) is 15.9 Å². The summed E-state index contributed by atoms with van der Waals surface area (Å²) in [6, 6.07) is 20.9. The van der Waals surface area contributed by atoms with Gasteiger partial charge in [0.1, 0.15) is 5.84 Å². The van der Waals surface area contributed by atoms with Gasteiger partial charge in [-0.15, -0.1) is 0 Å². The van der Waals surface area contributed by atoms with Gasteiger partial charge in [-0.3, -0.25) is 19.3 Å². The summed E-state index contributed by atoms with van der Waals surface area (Å²) in [6.07, 6.45) is 0.148. The van der Waals surface area contributed by atoms with Crippen molar-refractivity contribution in [1.29, 1.82) is 5.41 Å². The van der Waals surface area contributed by atoms with Gasteiger partial charge in [-0.25, -0.2) is 4.79 Å². The lowest BCUT2D eigenvalue weighted by Gasteiger charge is -2.10. The van der Waals surface area contributed by atoms with Crippen molar-refractivity contribution in [2.45, 2.75) is 13.0 Å². The maximum absolute atomic E-state index is 13.1. The third-order valence-corrected chi connectivity index (χ3v) is 5.66. The number of esters is 1. The van der Waals surface area contributed by atoms with Crippen molar-refractivity contribution in [3.63, 3.8) is 0 Å². The zero-order chi connectivity index (χ0) is 22.8. The molecule has 0 amide bonds. The molecular weight excluding hydrogens is 404 g/mol. The molecule has 4 aromatic rings. The molecule has 1 heterocycles. The molecule has 0 spiro atoms. The van der Waals surface area contributed by atoms with Crippen LogP contribution in [0.4, 0.5) is 0 Å². The van der Waals surface area contributed by atoms with E-state index in [1.54, 1.807) is 22.2 Å². The van der Waals surface area contributed by atoms with Crippen LogP contribution in [0.25, 0.3) is 22.2 Å². The third kappa shape index (κ3) is 3.92. The van der Waals surface area contributed by atoms with Crippen molar-refractivity contribution in [2.75, 3.05) is 7.11 Å². The minimum absolute atomic E-state index is 0.00626. The number of amidine groups is 1. The summed E-state index contributed by atoms with van der Waals surface area (Å²) in [5, 5.41) is 7.69. The number of rotatable bonds is 6. The second kappa shape index (κ2) is 8.55. The number of nitrogens with one attached hydrogen (secondary N) is 1. The first-order valence-corrected chi connectivity index (χ1v) is 10.2. The number of hydrogen-bond acceptors (Lipinski definition) is 4. The molecule has 0 atom stereocenters. The highest BCUT2D eigenvalue weighted by atomic mass is 16.5. The number of fused-ring (bicyclic) bond motifs is 1. The molecule has 0 saturated heterocycles. The van der Waals surface area contributed by atoms with E-state index < -0.39 is 0 Å². The van der Waals surface area contributed by atoms with Gasteiger partial charge in [0.2, 0.25) is 0 Å². The number of nitrogen functional groups attached to an aromatic ring is 1. The summed E-state index contributed by atoms with van der Waals surface area (Å²) in [4.78, 5) is 24.9. The highest BCUT2D eigenvalue weighted by Gasteiger charge is 2.15. The Morgan fingerprint density at radius 2 is 1.69 bits per heavy atom. The first-order chi connectivity index (χ1) is 15.4. The Hall–Kier alpha value is -4.13. The molecule has 162 valence electrons. The van der Waals surface area contributed by atoms with E-state index in [1.165, 1.54) is 7.11 Å². The normalized spacial score (nSPS) is 10.9. The number of imidazole rings is 1. The summed E-state index contributed by atoms with van der Waals surface area (Å²) < 4.78 is 8.14. The minimum Gasteiger partial charge on any atom is -0.469 e. The van der Waals surface area contributed by atoms with Crippen LogP contribution in [-0.4, -0.2) is 28.0 Å². The van der Waals surface area contributed by atoms with E-state index in [0.717, 1.165) is 33.3 Å². The first-order valence-electron chi connectivity index (χ1n) is 10.2. The SMILES string of the molecule is COC(=O)Cc1ccccc1Cn1c(=O)n(C)c2ccc(-c3cccc(C(=N)N)c3)cc21. The summed E-state index contributed by atoms with van der Waals surface area (Å²) >= 11 is 0. The monoisotopic (exact) mass is 428 g/mol. The average Bonchev–Trinajstić information content (AvgIpc) is 3.04. The highest BCUT2D eigenvalue weighted by Crippen LogP contribution is 2.25. The van der Waals surface area contributed by atoms with Crippen LogP contribution in [-0.2, 0) is 29.5 Å². The van der Waals surface area contributed by atoms with Crippen LogP contribution in [0.3, 0.4) is 0 Å². The first kappa shape index (κ1) is 21.1. The van der Waals surface area contributed by atoms with E-state index in [0.29, 0.717) is 12.1 Å². The third-order valence-electron chi connectivity index (χ3n) is 5.66. The molecule has 7 heteroatoms. The quantitative estimate of drug-likeness (QED) is 0.280. The van der Waals surface area contributed by atoms with Crippen molar-refractivity contribution in [2.24, 2.45) is 12.8 Å². The molecular formula is C25H24N4O3. The number of aromatic nitrogens is 2. The zero-order valence-electron chi connectivity index (χ0n) is 18.0. The number of ether oxygens (including phenoxy) is 1. The number of carbonyl (C=O) groups excluding carboxylic acids is 1. The van der Waals surface area contributed by atoms with Gasteiger partial charge >= 0.3 is 11.7 Å². The van der Waals surface area contributed by atoms with Crippen molar-refractivity contribution >= 4 is 22.8 Å². The Bertz CT molecular complexity index is 1400. The lowest BCUT2D eigenvalue weighted by atomic mass is 10.0. The van der Waals surface area contributed by atoms with Crippen LogP contribution in [0.1, 0.15) is 16.7 Å². The van der Waals surface area contributed by atoms with E-state index in [2.05, 4.69) is 0 Å². The summed E-state index contributed by atoms with van der Waals surface area (Å²) in [6.45, 7) is 0.334. The van der Waals surface area contributed by atoms with Crippen molar-refractivity contribution in [3.8, 4) is 11.1 Å². The summed E-state index contributed by atoms with van der Waals surface area (Å²) in [5.74, 6) is -0.317. The lowest BCUT2D eigenvalue weighted by molar-refractivity contribution is -0.139. The smallest absolute Gasteiger partial charge is 0.329 e. The molecule has 1 aromatic heterocycles. The number of nitrogens with zero attached hydrogens (tertiary/aromatic N) is 2. The highest BCUT2D eigenvalue weighted by molar-refractivity contribution is 5.96. The van der Waals surface area contributed by atoms with Crippen LogP contribution in [0.5, 0.6) is 0 Å². The molecule has 0 aliphatic carbocycles. The standard InChI is InChI=1S/C25H24N4O3/c1-28-21-11-10-18(16-8-5-9-19(12-16)24(26)27)13-22(21)29(25(28)31)15-20-7-4-3-6-17(20)14-23(30)32-2/h3-13H,14-15H2,1-2H3,(H3,26,27). The minimum atomic E-state index is -0.324. The van der Waals surface area contributed by atoms with Gasteiger partial charge in [-0.1, -0.05) is 48.5 Å². The van der Waals surface area contributed by atoms with Gasteiger partial charge < -0.3 is 10.5 Å². The predicted molar refractivity (Wildman–Crippen MR) is 125 cm³/mol. The number of hydrogen-bond donors (Lipinski definition) is 2. The van der Waals surface area contributed by atoms with Gasteiger partial charge in [0.05, 0.1) is 31.1 Å². The van der Waals surface area contributed by atoms with Crippen molar-refractivity contribution in [3.05, 3.63) is 93.9 Å². The van der Waals surface area contributed by atoms with Crippen LogP contribution < -0.4 is 11.4 Å². The predicted octanol–water partition coefficient (Wildman–Crippen LogP) is 3.05. The fourth-order valence-electron chi connectivity index (χ4n) is 3.89. The summed E-state index contributed by atoms with van der Waals surface area (Å²) in [7, 11) is 3.11. The van der Waals surface area contributed by atoms with Crippen LogP contribution in [0.2, 0.25) is 0 Å². The van der Waals surface area contributed by atoms with Crippen LogP contribution in [0, 0.1) is 5.41 Å². The molecule has 4 rings (SSSR count). The molecule has 0 saturated carbocycles. The van der Waals surface area contributed by atoms with E-state index in [-0.39, 0.29) is 23.9 Å². The van der Waals surface area contributed by atoms with Crippen LogP contribution >= 0.6 is 0 Å². The second-order valence-corrected chi connectivity index (χ2v) is 7.65. The Kier molecular flexibility index (Phi) is 5.64. The number of aryl methyl sites for hydroxylation is 1. The fraction of sp³-hybridized carbons (Fsp3) is 0.160. The molecule has 3 N–H and O–H groups in total. The molecule has 3 aromatic carbocycles. The molecule has 32 heavy (non-hydrogen) atoms. The molecule has 0 bridgehead atoms. The van der Waals surface area contributed by atoms with Gasteiger partial charge in [0.25, 0.3) is 0 Å². The lowest BCUT2D eigenvalue weighted by Crippen LogP contribution is -2.23. The molecule has 0 fully saturated rings. The Balaban J connectivity index is 1.81. The van der Waals surface area contributed by atoms with E-state index >= 15 is 0 Å². The summed E-state index contributed by atoms with van der Waals surface area (Å²) in [5.41, 5.74) is 11.3. The van der Waals surface area contributed by atoms with Crippen molar-refractivity contribution < 1.29 is 9.53 Å². The largest absolute Gasteiger partial charge is 0.469 e.